The van der Waals surface area contributed by atoms with E-state index in [-0.39, 0.29) is 17.9 Å². The lowest BCUT2D eigenvalue weighted by Gasteiger charge is -2.60. The van der Waals surface area contributed by atoms with E-state index in [4.69, 9.17) is 4.42 Å². The number of aliphatic carboxylic acids is 1. The Labute approximate surface area is 143 Å². The first-order valence-electron chi connectivity index (χ1n) is 9.34. The van der Waals surface area contributed by atoms with Gasteiger partial charge in [-0.3, -0.25) is 4.79 Å². The van der Waals surface area contributed by atoms with E-state index in [1.54, 1.807) is 6.26 Å². The van der Waals surface area contributed by atoms with Crippen LogP contribution in [0, 0.1) is 28.6 Å². The second-order valence-corrected chi connectivity index (χ2v) is 8.67. The molecular formula is C20H28O4. The van der Waals surface area contributed by atoms with E-state index in [0.717, 1.165) is 37.9 Å². The van der Waals surface area contributed by atoms with Crippen molar-refractivity contribution in [3.8, 4) is 0 Å². The van der Waals surface area contributed by atoms with Crippen LogP contribution in [-0.4, -0.2) is 22.8 Å². The second kappa shape index (κ2) is 5.35. The maximum Gasteiger partial charge on any atom is 0.312 e. The fourth-order valence-electron chi connectivity index (χ4n) is 6.71. The summed E-state index contributed by atoms with van der Waals surface area (Å²) in [5.74, 6) is 1.88. The van der Waals surface area contributed by atoms with Crippen LogP contribution in [0.25, 0.3) is 0 Å². The molecule has 0 aromatic carbocycles. The summed E-state index contributed by atoms with van der Waals surface area (Å²) in [6.07, 6.45) is 7.27. The van der Waals surface area contributed by atoms with Gasteiger partial charge in [-0.15, -0.1) is 0 Å². The standard InChI is InChI=1S/C20H28O4/c1-12-13-4-5-17-19(2,7-3-8-20(17,11-21)18(22)23)15(13)10-16-14(12)6-9-24-16/h6,9,12-13,15,17,21H,3-5,7-8,10-11H2,1-2H3,(H,22,23)/t12-,13+,15+,17-,19-,20-/m1/s1. The van der Waals surface area contributed by atoms with Gasteiger partial charge < -0.3 is 14.6 Å². The minimum Gasteiger partial charge on any atom is -0.481 e. The molecule has 3 aliphatic carbocycles. The topological polar surface area (TPSA) is 70.7 Å². The van der Waals surface area contributed by atoms with Crippen molar-refractivity contribution in [3.05, 3.63) is 23.7 Å². The smallest absolute Gasteiger partial charge is 0.312 e. The predicted octanol–water partition coefficient (Wildman–Crippen LogP) is 3.84. The molecule has 3 aliphatic rings. The zero-order chi connectivity index (χ0) is 17.1. The molecule has 6 atom stereocenters. The van der Waals surface area contributed by atoms with E-state index in [1.807, 2.05) is 0 Å². The molecule has 2 saturated carbocycles. The molecule has 132 valence electrons. The third-order valence-electron chi connectivity index (χ3n) is 7.98. The minimum atomic E-state index is -0.954. The molecule has 24 heavy (non-hydrogen) atoms. The highest BCUT2D eigenvalue weighted by Crippen LogP contribution is 2.64. The highest BCUT2D eigenvalue weighted by atomic mass is 16.4. The number of aliphatic hydroxyl groups is 1. The predicted molar refractivity (Wildman–Crippen MR) is 89.6 cm³/mol. The number of hydrogen-bond acceptors (Lipinski definition) is 3. The van der Waals surface area contributed by atoms with Crippen LogP contribution in [0.15, 0.2) is 16.7 Å². The minimum absolute atomic E-state index is 0.0268. The van der Waals surface area contributed by atoms with Gasteiger partial charge in [-0.1, -0.05) is 20.3 Å². The first-order valence-corrected chi connectivity index (χ1v) is 9.34. The van der Waals surface area contributed by atoms with E-state index in [1.165, 1.54) is 5.56 Å². The van der Waals surface area contributed by atoms with Crippen molar-refractivity contribution in [3.63, 3.8) is 0 Å². The van der Waals surface area contributed by atoms with Gasteiger partial charge in [-0.05, 0) is 66.4 Å². The zero-order valence-electron chi connectivity index (χ0n) is 14.6. The average Bonchev–Trinajstić information content (AvgIpc) is 3.03. The van der Waals surface area contributed by atoms with Crippen molar-refractivity contribution in [2.45, 2.75) is 58.3 Å². The van der Waals surface area contributed by atoms with Gasteiger partial charge in [0.1, 0.15) is 5.76 Å². The number of rotatable bonds is 2. The SMILES string of the molecule is C[C@H]1c2ccoc2C[C@H]2[C@H]1CC[C@H]1[C@@](CO)(C(=O)O)CCC[C@]21C. The number of carboxylic acids is 1. The molecule has 0 unspecified atom stereocenters. The lowest BCUT2D eigenvalue weighted by atomic mass is 9.43. The first kappa shape index (κ1) is 16.2. The summed E-state index contributed by atoms with van der Waals surface area (Å²) in [4.78, 5) is 12.1. The van der Waals surface area contributed by atoms with Crippen molar-refractivity contribution < 1.29 is 19.4 Å². The Kier molecular flexibility index (Phi) is 3.61. The molecule has 1 aromatic heterocycles. The van der Waals surface area contributed by atoms with Crippen LogP contribution >= 0.6 is 0 Å². The summed E-state index contributed by atoms with van der Waals surface area (Å²) < 4.78 is 5.76. The quantitative estimate of drug-likeness (QED) is 0.863. The van der Waals surface area contributed by atoms with Crippen LogP contribution < -0.4 is 0 Å². The maximum absolute atomic E-state index is 12.1. The van der Waals surface area contributed by atoms with Gasteiger partial charge in [-0.25, -0.2) is 0 Å². The number of carbonyl (C=O) groups is 1. The van der Waals surface area contributed by atoms with Crippen LogP contribution in [0.5, 0.6) is 0 Å². The molecule has 1 heterocycles. The molecular weight excluding hydrogens is 304 g/mol. The van der Waals surface area contributed by atoms with Gasteiger partial charge in [0.2, 0.25) is 0 Å². The molecule has 0 spiro atoms. The number of carboxylic acid groups (broad SMARTS) is 1. The second-order valence-electron chi connectivity index (χ2n) is 8.67. The molecule has 4 rings (SSSR count). The fourth-order valence-corrected chi connectivity index (χ4v) is 6.71. The van der Waals surface area contributed by atoms with Gasteiger partial charge in [-0.2, -0.15) is 0 Å². The molecule has 0 radical (unpaired) electrons. The van der Waals surface area contributed by atoms with E-state index in [9.17, 15) is 15.0 Å². The Bertz CT molecular complexity index is 650. The van der Waals surface area contributed by atoms with E-state index < -0.39 is 11.4 Å². The van der Waals surface area contributed by atoms with Crippen LogP contribution in [0.1, 0.15) is 63.2 Å². The summed E-state index contributed by atoms with van der Waals surface area (Å²) in [6.45, 7) is 4.36. The summed E-state index contributed by atoms with van der Waals surface area (Å²) in [7, 11) is 0. The Morgan fingerprint density at radius 2 is 2.17 bits per heavy atom. The van der Waals surface area contributed by atoms with Crippen LogP contribution in [0.3, 0.4) is 0 Å². The number of aliphatic hydroxyl groups excluding tert-OH is 1. The average molecular weight is 332 g/mol. The molecule has 4 nitrogen and oxygen atoms in total. The van der Waals surface area contributed by atoms with Crippen LogP contribution in [0.2, 0.25) is 0 Å². The van der Waals surface area contributed by atoms with Crippen molar-refractivity contribution in [2.24, 2.45) is 28.6 Å². The Morgan fingerprint density at radius 1 is 1.38 bits per heavy atom. The first-order chi connectivity index (χ1) is 11.4. The summed E-state index contributed by atoms with van der Waals surface area (Å²) in [6, 6.07) is 2.11. The fraction of sp³-hybridized carbons (Fsp3) is 0.750. The number of fused-ring (bicyclic) bond motifs is 4. The largest absolute Gasteiger partial charge is 0.481 e. The molecule has 2 N–H and O–H groups in total. The third kappa shape index (κ3) is 1.92. The normalized spacial score (nSPS) is 44.3. The molecule has 2 fully saturated rings. The lowest BCUT2D eigenvalue weighted by molar-refractivity contribution is -0.180. The summed E-state index contributed by atoms with van der Waals surface area (Å²) in [5.41, 5.74) is 0.367. The molecule has 0 bridgehead atoms. The Balaban J connectivity index is 1.76. The van der Waals surface area contributed by atoms with Gasteiger partial charge in [0.15, 0.2) is 0 Å². The van der Waals surface area contributed by atoms with E-state index in [2.05, 4.69) is 19.9 Å². The summed E-state index contributed by atoms with van der Waals surface area (Å²) in [5, 5.41) is 20.0. The van der Waals surface area contributed by atoms with Crippen molar-refractivity contribution in [1.82, 2.24) is 0 Å². The van der Waals surface area contributed by atoms with Crippen molar-refractivity contribution in [2.75, 3.05) is 6.61 Å². The van der Waals surface area contributed by atoms with E-state index in [0.29, 0.717) is 24.2 Å². The monoisotopic (exact) mass is 332 g/mol. The van der Waals surface area contributed by atoms with Gasteiger partial charge >= 0.3 is 5.97 Å². The third-order valence-corrected chi connectivity index (χ3v) is 7.98. The number of furan rings is 1. The maximum atomic E-state index is 12.1. The summed E-state index contributed by atoms with van der Waals surface area (Å²) >= 11 is 0. The van der Waals surface area contributed by atoms with Gasteiger partial charge in [0.25, 0.3) is 0 Å². The molecule has 4 heteroatoms. The molecule has 0 aliphatic heterocycles. The highest BCUT2D eigenvalue weighted by molar-refractivity contribution is 5.75. The Hall–Kier alpha value is -1.29. The van der Waals surface area contributed by atoms with Crippen LogP contribution in [-0.2, 0) is 11.2 Å². The molecule has 1 aromatic rings. The van der Waals surface area contributed by atoms with E-state index >= 15 is 0 Å². The zero-order valence-corrected chi connectivity index (χ0v) is 14.6. The van der Waals surface area contributed by atoms with Crippen molar-refractivity contribution in [1.29, 1.82) is 0 Å². The number of hydrogen-bond donors (Lipinski definition) is 2. The van der Waals surface area contributed by atoms with Crippen molar-refractivity contribution >= 4 is 5.97 Å². The highest BCUT2D eigenvalue weighted by Gasteiger charge is 2.61. The molecule has 0 saturated heterocycles. The Morgan fingerprint density at radius 3 is 2.88 bits per heavy atom. The molecule has 0 amide bonds. The van der Waals surface area contributed by atoms with Gasteiger partial charge in [0.05, 0.1) is 18.3 Å². The lowest BCUT2D eigenvalue weighted by Crippen LogP contribution is -2.58. The van der Waals surface area contributed by atoms with Gasteiger partial charge in [0, 0.05) is 6.42 Å². The van der Waals surface area contributed by atoms with Crippen LogP contribution in [0.4, 0.5) is 0 Å².